The number of hydrogen-bond donors (Lipinski definition) is 2. The molecule has 2 heterocycles. The number of fused-ring (bicyclic) bond motifs is 1. The number of carbonyl (C=O) groups is 3. The number of nitrogens with one attached hydrogen (secondary N) is 2. The summed E-state index contributed by atoms with van der Waals surface area (Å²) in [5, 5.41) is 5.37. The van der Waals surface area contributed by atoms with Crippen LogP contribution in [-0.2, 0) is 9.59 Å². The molecule has 1 fully saturated rings. The van der Waals surface area contributed by atoms with E-state index in [1.165, 1.54) is 0 Å². The van der Waals surface area contributed by atoms with Crippen LogP contribution < -0.4 is 10.6 Å². The first-order valence-corrected chi connectivity index (χ1v) is 7.63. The first kappa shape index (κ1) is 14.6. The zero-order chi connectivity index (χ0) is 15.5. The predicted octanol–water partition coefficient (Wildman–Crippen LogP) is 1.14. The molecule has 0 radical (unpaired) electrons. The van der Waals surface area contributed by atoms with Crippen molar-refractivity contribution in [2.75, 3.05) is 18.4 Å². The SMILES string of the molecule is O=C1N[C@@H](CC(=O)N2CCCCC2)C(=O)Nc2ccccc21. The summed E-state index contributed by atoms with van der Waals surface area (Å²) < 4.78 is 0. The standard InChI is InChI=1S/C16H19N3O3/c20-14(19-8-4-1-5-9-19)10-13-16(22)17-12-7-3-2-6-11(12)15(21)18-13/h2-3,6-7,13H,1,4-5,8-10H2,(H,17,22)(H,18,21)/t13-/m0/s1. The number of amides is 3. The highest BCUT2D eigenvalue weighted by Crippen LogP contribution is 2.19. The maximum atomic E-state index is 12.3. The Morgan fingerprint density at radius 1 is 1.14 bits per heavy atom. The number of para-hydroxylation sites is 1. The molecule has 6 heteroatoms. The lowest BCUT2D eigenvalue weighted by Crippen LogP contribution is -2.46. The molecule has 22 heavy (non-hydrogen) atoms. The van der Waals surface area contributed by atoms with Gasteiger partial charge >= 0.3 is 0 Å². The van der Waals surface area contributed by atoms with E-state index in [1.54, 1.807) is 29.2 Å². The molecule has 3 amide bonds. The van der Waals surface area contributed by atoms with Crippen molar-refractivity contribution in [1.82, 2.24) is 10.2 Å². The van der Waals surface area contributed by atoms with Gasteiger partial charge in [-0.1, -0.05) is 12.1 Å². The highest BCUT2D eigenvalue weighted by Gasteiger charge is 2.30. The van der Waals surface area contributed by atoms with E-state index in [4.69, 9.17) is 0 Å². The lowest BCUT2D eigenvalue weighted by atomic mass is 10.1. The van der Waals surface area contributed by atoms with Crippen LogP contribution in [0.5, 0.6) is 0 Å². The van der Waals surface area contributed by atoms with Gasteiger partial charge in [-0.15, -0.1) is 0 Å². The Morgan fingerprint density at radius 3 is 2.64 bits per heavy atom. The van der Waals surface area contributed by atoms with Gasteiger partial charge in [0.15, 0.2) is 0 Å². The monoisotopic (exact) mass is 301 g/mol. The molecule has 2 aliphatic heterocycles. The second-order valence-electron chi connectivity index (χ2n) is 5.71. The maximum absolute atomic E-state index is 12.3. The number of piperidine rings is 1. The molecule has 1 saturated heterocycles. The minimum Gasteiger partial charge on any atom is -0.343 e. The lowest BCUT2D eigenvalue weighted by molar-refractivity contribution is -0.134. The quantitative estimate of drug-likeness (QED) is 0.860. The molecule has 116 valence electrons. The molecule has 0 unspecified atom stereocenters. The minimum atomic E-state index is -0.825. The number of anilines is 1. The number of hydrogen-bond acceptors (Lipinski definition) is 3. The van der Waals surface area contributed by atoms with E-state index in [-0.39, 0.29) is 24.1 Å². The van der Waals surface area contributed by atoms with E-state index < -0.39 is 6.04 Å². The van der Waals surface area contributed by atoms with Crippen molar-refractivity contribution in [3.05, 3.63) is 29.8 Å². The van der Waals surface area contributed by atoms with Gasteiger partial charge in [-0.2, -0.15) is 0 Å². The zero-order valence-electron chi connectivity index (χ0n) is 12.3. The molecule has 1 atom stereocenters. The van der Waals surface area contributed by atoms with Gasteiger partial charge in [0.05, 0.1) is 17.7 Å². The van der Waals surface area contributed by atoms with Crippen molar-refractivity contribution < 1.29 is 14.4 Å². The van der Waals surface area contributed by atoms with Crippen LogP contribution in [0.15, 0.2) is 24.3 Å². The Balaban J connectivity index is 1.71. The van der Waals surface area contributed by atoms with E-state index in [9.17, 15) is 14.4 Å². The average molecular weight is 301 g/mol. The molecule has 0 bridgehead atoms. The largest absolute Gasteiger partial charge is 0.343 e. The predicted molar refractivity (Wildman–Crippen MR) is 81.4 cm³/mol. The number of carbonyl (C=O) groups excluding carboxylic acids is 3. The summed E-state index contributed by atoms with van der Waals surface area (Å²) in [4.78, 5) is 38.5. The van der Waals surface area contributed by atoms with Crippen LogP contribution in [0, 0.1) is 0 Å². The Kier molecular flexibility index (Phi) is 4.09. The average Bonchev–Trinajstić information content (AvgIpc) is 2.66. The van der Waals surface area contributed by atoms with Crippen molar-refractivity contribution in [2.45, 2.75) is 31.7 Å². The van der Waals surface area contributed by atoms with Crippen molar-refractivity contribution in [3.8, 4) is 0 Å². The van der Waals surface area contributed by atoms with Crippen molar-refractivity contribution in [2.24, 2.45) is 0 Å². The molecular weight excluding hydrogens is 282 g/mol. The minimum absolute atomic E-state index is 0.00552. The summed E-state index contributed by atoms with van der Waals surface area (Å²) in [5.41, 5.74) is 0.904. The fourth-order valence-corrected chi connectivity index (χ4v) is 2.90. The molecule has 0 aromatic heterocycles. The van der Waals surface area contributed by atoms with E-state index in [2.05, 4.69) is 10.6 Å². The van der Waals surface area contributed by atoms with Crippen LogP contribution in [0.3, 0.4) is 0 Å². The Bertz CT molecular complexity index is 608. The summed E-state index contributed by atoms with van der Waals surface area (Å²) in [6, 6.07) is 6.01. The van der Waals surface area contributed by atoms with Crippen LogP contribution in [-0.4, -0.2) is 41.8 Å². The van der Waals surface area contributed by atoms with Crippen LogP contribution in [0.4, 0.5) is 5.69 Å². The molecular formula is C16H19N3O3. The van der Waals surface area contributed by atoms with Gasteiger partial charge < -0.3 is 15.5 Å². The Morgan fingerprint density at radius 2 is 1.86 bits per heavy atom. The van der Waals surface area contributed by atoms with Crippen LogP contribution >= 0.6 is 0 Å². The molecule has 3 rings (SSSR count). The molecule has 0 saturated carbocycles. The molecule has 6 nitrogen and oxygen atoms in total. The number of rotatable bonds is 2. The van der Waals surface area contributed by atoms with Gasteiger partial charge in [-0.3, -0.25) is 14.4 Å². The summed E-state index contributed by atoms with van der Waals surface area (Å²) in [7, 11) is 0. The van der Waals surface area contributed by atoms with Gasteiger partial charge in [0.2, 0.25) is 11.8 Å². The molecule has 1 aromatic carbocycles. The summed E-state index contributed by atoms with van der Waals surface area (Å²) in [6.07, 6.45) is 3.14. The van der Waals surface area contributed by atoms with E-state index in [1.807, 2.05) is 0 Å². The summed E-state index contributed by atoms with van der Waals surface area (Å²) >= 11 is 0. The van der Waals surface area contributed by atoms with Gasteiger partial charge in [-0.25, -0.2) is 0 Å². The van der Waals surface area contributed by atoms with Crippen LogP contribution in [0.25, 0.3) is 0 Å². The Labute approximate surface area is 128 Å². The van der Waals surface area contributed by atoms with Crippen molar-refractivity contribution in [1.29, 1.82) is 0 Å². The van der Waals surface area contributed by atoms with E-state index >= 15 is 0 Å². The second kappa shape index (κ2) is 6.17. The second-order valence-corrected chi connectivity index (χ2v) is 5.71. The van der Waals surface area contributed by atoms with Gasteiger partial charge in [0.25, 0.3) is 5.91 Å². The first-order chi connectivity index (χ1) is 10.6. The highest BCUT2D eigenvalue weighted by atomic mass is 16.2. The molecule has 2 N–H and O–H groups in total. The fraction of sp³-hybridized carbons (Fsp3) is 0.438. The van der Waals surface area contributed by atoms with Gasteiger partial charge in [0.1, 0.15) is 6.04 Å². The number of benzene rings is 1. The van der Waals surface area contributed by atoms with E-state index in [0.29, 0.717) is 11.3 Å². The Hall–Kier alpha value is -2.37. The molecule has 1 aromatic rings. The van der Waals surface area contributed by atoms with E-state index in [0.717, 1.165) is 32.4 Å². The molecule has 2 aliphatic rings. The van der Waals surface area contributed by atoms with Crippen LogP contribution in [0.1, 0.15) is 36.0 Å². The summed E-state index contributed by atoms with van der Waals surface area (Å²) in [5.74, 6) is -0.750. The third kappa shape index (κ3) is 2.95. The molecule has 0 aliphatic carbocycles. The summed E-state index contributed by atoms with van der Waals surface area (Å²) in [6.45, 7) is 1.47. The normalized spacial score (nSPS) is 21.5. The van der Waals surface area contributed by atoms with Crippen molar-refractivity contribution in [3.63, 3.8) is 0 Å². The third-order valence-electron chi connectivity index (χ3n) is 4.14. The van der Waals surface area contributed by atoms with Crippen molar-refractivity contribution >= 4 is 23.4 Å². The maximum Gasteiger partial charge on any atom is 0.254 e. The first-order valence-electron chi connectivity index (χ1n) is 7.63. The van der Waals surface area contributed by atoms with Crippen LogP contribution in [0.2, 0.25) is 0 Å². The fourth-order valence-electron chi connectivity index (χ4n) is 2.90. The van der Waals surface area contributed by atoms with Gasteiger partial charge in [-0.05, 0) is 31.4 Å². The lowest BCUT2D eigenvalue weighted by Gasteiger charge is -2.28. The third-order valence-corrected chi connectivity index (χ3v) is 4.14. The van der Waals surface area contributed by atoms with Gasteiger partial charge in [0, 0.05) is 13.1 Å². The number of likely N-dealkylation sites (tertiary alicyclic amines) is 1. The topological polar surface area (TPSA) is 78.5 Å². The highest BCUT2D eigenvalue weighted by molar-refractivity contribution is 6.10. The molecule has 0 spiro atoms. The smallest absolute Gasteiger partial charge is 0.254 e. The number of nitrogens with zero attached hydrogens (tertiary/aromatic N) is 1. The zero-order valence-corrected chi connectivity index (χ0v) is 12.3.